The average molecular weight is 286 g/mol. The molecule has 0 aliphatic carbocycles. The number of carboxylic acids is 1. The molecule has 0 amide bonds. The van der Waals surface area contributed by atoms with Crippen LogP contribution >= 0.6 is 0 Å². The summed E-state index contributed by atoms with van der Waals surface area (Å²) in [7, 11) is 0. The van der Waals surface area contributed by atoms with Crippen LogP contribution in [0.4, 0.5) is 5.69 Å². The normalized spacial score (nSPS) is 11.9. The SMILES string of the molecule is Cc1ccccc1CC(C(=O)O)c1ncccc1[N+](=O)[O-]. The van der Waals surface area contributed by atoms with Crippen molar-refractivity contribution in [1.82, 2.24) is 4.98 Å². The number of aromatic nitrogens is 1. The molecule has 1 aromatic heterocycles. The van der Waals surface area contributed by atoms with Crippen LogP contribution in [0.25, 0.3) is 0 Å². The minimum absolute atomic E-state index is 0.0155. The van der Waals surface area contributed by atoms with E-state index >= 15 is 0 Å². The Morgan fingerprint density at radius 1 is 1.33 bits per heavy atom. The highest BCUT2D eigenvalue weighted by Crippen LogP contribution is 2.28. The fraction of sp³-hybridized carbons (Fsp3) is 0.200. The second-order valence-corrected chi connectivity index (χ2v) is 4.69. The molecule has 2 rings (SSSR count). The van der Waals surface area contributed by atoms with Gasteiger partial charge in [-0.25, -0.2) is 0 Å². The topological polar surface area (TPSA) is 93.3 Å². The molecule has 21 heavy (non-hydrogen) atoms. The molecule has 1 N–H and O–H groups in total. The van der Waals surface area contributed by atoms with Crippen molar-refractivity contribution in [3.63, 3.8) is 0 Å². The summed E-state index contributed by atoms with van der Waals surface area (Å²) in [6, 6.07) is 10.1. The quantitative estimate of drug-likeness (QED) is 0.673. The number of benzene rings is 1. The number of aryl methyl sites for hydroxylation is 1. The molecule has 0 radical (unpaired) electrons. The Hall–Kier alpha value is -2.76. The van der Waals surface area contributed by atoms with E-state index in [1.165, 1.54) is 18.3 Å². The van der Waals surface area contributed by atoms with E-state index in [4.69, 9.17) is 0 Å². The second kappa shape index (κ2) is 6.13. The number of pyridine rings is 1. The monoisotopic (exact) mass is 286 g/mol. The Labute approximate surface area is 121 Å². The molecule has 0 saturated carbocycles. The zero-order chi connectivity index (χ0) is 15.4. The Balaban J connectivity index is 2.44. The van der Waals surface area contributed by atoms with E-state index in [9.17, 15) is 20.0 Å². The minimum atomic E-state index is -1.12. The lowest BCUT2D eigenvalue weighted by Crippen LogP contribution is -2.18. The van der Waals surface area contributed by atoms with Gasteiger partial charge in [0.1, 0.15) is 11.6 Å². The first-order valence-electron chi connectivity index (χ1n) is 6.37. The Morgan fingerprint density at radius 2 is 2.05 bits per heavy atom. The molecule has 6 nitrogen and oxygen atoms in total. The molecule has 2 aromatic rings. The van der Waals surface area contributed by atoms with Gasteiger partial charge in [-0.3, -0.25) is 19.9 Å². The first kappa shape index (κ1) is 14.6. The zero-order valence-electron chi connectivity index (χ0n) is 11.4. The first-order chi connectivity index (χ1) is 10.0. The predicted octanol–water partition coefficient (Wildman–Crippen LogP) is 2.71. The van der Waals surface area contributed by atoms with Crippen LogP contribution in [-0.2, 0) is 11.2 Å². The van der Waals surface area contributed by atoms with Crippen molar-refractivity contribution in [2.75, 3.05) is 0 Å². The largest absolute Gasteiger partial charge is 0.481 e. The van der Waals surface area contributed by atoms with Gasteiger partial charge in [-0.05, 0) is 30.5 Å². The molecule has 0 aliphatic rings. The van der Waals surface area contributed by atoms with Crippen LogP contribution in [0.15, 0.2) is 42.6 Å². The number of carboxylic acid groups (broad SMARTS) is 1. The van der Waals surface area contributed by atoms with Crippen molar-refractivity contribution in [3.8, 4) is 0 Å². The van der Waals surface area contributed by atoms with Gasteiger partial charge in [-0.15, -0.1) is 0 Å². The Bertz CT molecular complexity index is 685. The van der Waals surface area contributed by atoms with Crippen LogP contribution < -0.4 is 0 Å². The van der Waals surface area contributed by atoms with Crippen LogP contribution in [0, 0.1) is 17.0 Å². The summed E-state index contributed by atoms with van der Waals surface area (Å²) >= 11 is 0. The second-order valence-electron chi connectivity index (χ2n) is 4.69. The number of hydrogen-bond donors (Lipinski definition) is 1. The van der Waals surface area contributed by atoms with Crippen molar-refractivity contribution < 1.29 is 14.8 Å². The number of carbonyl (C=O) groups is 1. The Morgan fingerprint density at radius 3 is 2.67 bits per heavy atom. The fourth-order valence-corrected chi connectivity index (χ4v) is 2.19. The van der Waals surface area contributed by atoms with Crippen LogP contribution in [0.1, 0.15) is 22.7 Å². The van der Waals surface area contributed by atoms with E-state index in [0.717, 1.165) is 11.1 Å². The molecule has 6 heteroatoms. The van der Waals surface area contributed by atoms with Gasteiger partial charge in [0, 0.05) is 12.3 Å². The van der Waals surface area contributed by atoms with Crippen molar-refractivity contribution in [2.45, 2.75) is 19.3 Å². The predicted molar refractivity (Wildman–Crippen MR) is 76.2 cm³/mol. The summed E-state index contributed by atoms with van der Waals surface area (Å²) in [5.41, 5.74) is 1.50. The van der Waals surface area contributed by atoms with E-state index in [1.54, 1.807) is 0 Å². The third-order valence-electron chi connectivity index (χ3n) is 3.33. The third-order valence-corrected chi connectivity index (χ3v) is 3.33. The highest BCUT2D eigenvalue weighted by Gasteiger charge is 2.29. The van der Waals surface area contributed by atoms with Crippen molar-refractivity contribution in [3.05, 3.63) is 69.5 Å². The molecular formula is C15H14N2O4. The van der Waals surface area contributed by atoms with Gasteiger partial charge in [0.2, 0.25) is 0 Å². The van der Waals surface area contributed by atoms with Crippen molar-refractivity contribution in [2.24, 2.45) is 0 Å². The maximum atomic E-state index is 11.5. The molecule has 1 heterocycles. The molecule has 0 fully saturated rings. The molecule has 0 saturated heterocycles. The number of nitrogens with zero attached hydrogens (tertiary/aromatic N) is 2. The molecule has 0 bridgehead atoms. The van der Waals surface area contributed by atoms with Crippen LogP contribution in [0.2, 0.25) is 0 Å². The van der Waals surface area contributed by atoms with Crippen molar-refractivity contribution in [1.29, 1.82) is 0 Å². The Kier molecular flexibility index (Phi) is 4.27. The maximum Gasteiger partial charge on any atom is 0.313 e. The van der Waals surface area contributed by atoms with E-state index in [2.05, 4.69) is 4.98 Å². The summed E-state index contributed by atoms with van der Waals surface area (Å²) in [6.07, 6.45) is 1.54. The third kappa shape index (κ3) is 3.22. The van der Waals surface area contributed by atoms with Gasteiger partial charge < -0.3 is 5.11 Å². The van der Waals surface area contributed by atoms with E-state index in [0.29, 0.717) is 0 Å². The lowest BCUT2D eigenvalue weighted by molar-refractivity contribution is -0.386. The molecule has 1 atom stereocenters. The van der Waals surface area contributed by atoms with E-state index in [1.807, 2.05) is 31.2 Å². The molecular weight excluding hydrogens is 272 g/mol. The molecule has 0 aliphatic heterocycles. The van der Waals surface area contributed by atoms with Crippen molar-refractivity contribution >= 4 is 11.7 Å². The standard InChI is InChI=1S/C15H14N2O4/c1-10-5-2-3-6-11(10)9-12(15(18)19)14-13(17(20)21)7-4-8-16-14/h2-8,12H,9H2,1H3,(H,18,19). The van der Waals surface area contributed by atoms with Gasteiger partial charge in [0.25, 0.3) is 5.69 Å². The number of nitro groups is 1. The van der Waals surface area contributed by atoms with E-state index in [-0.39, 0.29) is 17.8 Å². The number of aliphatic carboxylic acids is 1. The number of rotatable bonds is 5. The van der Waals surface area contributed by atoms with Gasteiger partial charge in [0.05, 0.1) is 4.92 Å². The number of hydrogen-bond acceptors (Lipinski definition) is 4. The minimum Gasteiger partial charge on any atom is -0.481 e. The first-order valence-corrected chi connectivity index (χ1v) is 6.37. The van der Waals surface area contributed by atoms with Crippen LogP contribution in [-0.4, -0.2) is 21.0 Å². The van der Waals surface area contributed by atoms with E-state index < -0.39 is 16.8 Å². The average Bonchev–Trinajstić information content (AvgIpc) is 2.46. The highest BCUT2D eigenvalue weighted by molar-refractivity contribution is 5.77. The molecule has 108 valence electrons. The van der Waals surface area contributed by atoms with Crippen LogP contribution in [0.5, 0.6) is 0 Å². The van der Waals surface area contributed by atoms with Gasteiger partial charge in [-0.2, -0.15) is 0 Å². The molecule has 1 aromatic carbocycles. The summed E-state index contributed by atoms with van der Waals surface area (Å²) in [5.74, 6) is -2.17. The van der Waals surface area contributed by atoms with Gasteiger partial charge in [-0.1, -0.05) is 24.3 Å². The summed E-state index contributed by atoms with van der Waals surface area (Å²) < 4.78 is 0. The zero-order valence-corrected chi connectivity index (χ0v) is 11.4. The van der Waals surface area contributed by atoms with Gasteiger partial charge >= 0.3 is 5.97 Å². The summed E-state index contributed by atoms with van der Waals surface area (Å²) in [6.45, 7) is 1.88. The molecule has 0 spiro atoms. The summed E-state index contributed by atoms with van der Waals surface area (Å²) in [5, 5.41) is 20.5. The van der Waals surface area contributed by atoms with Crippen LogP contribution in [0.3, 0.4) is 0 Å². The fourth-order valence-electron chi connectivity index (χ4n) is 2.19. The lowest BCUT2D eigenvalue weighted by atomic mass is 9.92. The molecule has 1 unspecified atom stereocenters. The maximum absolute atomic E-state index is 11.5. The summed E-state index contributed by atoms with van der Waals surface area (Å²) in [4.78, 5) is 25.9. The smallest absolute Gasteiger partial charge is 0.313 e. The lowest BCUT2D eigenvalue weighted by Gasteiger charge is -2.13. The highest BCUT2D eigenvalue weighted by atomic mass is 16.6. The van der Waals surface area contributed by atoms with Gasteiger partial charge in [0.15, 0.2) is 0 Å².